The molecule has 0 aliphatic rings. The van der Waals surface area contributed by atoms with Gasteiger partial charge in [0.2, 0.25) is 11.8 Å². The molecule has 0 heterocycles. The zero-order valence-electron chi connectivity index (χ0n) is 69.2. The van der Waals surface area contributed by atoms with Gasteiger partial charge in [-0.15, -0.1) is 0 Å². The number of nitrogens with one attached hydrogen (secondary N) is 4. The Morgan fingerprint density at radius 3 is 0.852 bits per heavy atom. The highest BCUT2D eigenvalue weighted by atomic mass is 31.2. The van der Waals surface area contributed by atoms with Crippen molar-refractivity contribution in [1.82, 2.24) is 21.3 Å². The standard InChI is InChI=1S/C83H160N4O19P2/c1-7-13-19-25-29-33-37-43-47-53-75(88)67-79(90)86-73(69-99-63-59-77(55-49-41-23-17-11-5)105-81(92)57-51-45-39-35-31-27-21-15-9-3)71-103-107(95,96)101-65-61-84-83(94)85-62-66-102-108(97,98)104-72-74(87-80(91)68-76(89)54-48-44-38-34-30-26-20-14-8-2)70-100-64-60-78(56-50-42-24-18-12-6)106-82(93)58-52-46-40-36-32-28-22-16-10-4/h73-74,77-78H,7-72H2,1-6H3,(H,86,90)(H,87,91)(H,95,96)(H,97,98)(H2,84,85,94)/t73?,74?,77-,78-/m1/s1. The van der Waals surface area contributed by atoms with Crippen molar-refractivity contribution in [3.63, 3.8) is 0 Å². The van der Waals surface area contributed by atoms with Gasteiger partial charge in [-0.2, -0.15) is 0 Å². The normalized spacial score (nSPS) is 13.8. The van der Waals surface area contributed by atoms with E-state index in [1.54, 1.807) is 0 Å². The van der Waals surface area contributed by atoms with E-state index in [2.05, 4.69) is 62.8 Å². The Labute approximate surface area is 656 Å². The second kappa shape index (κ2) is 76.3. The van der Waals surface area contributed by atoms with E-state index in [0.717, 1.165) is 141 Å². The minimum Gasteiger partial charge on any atom is -0.462 e. The number of hydrogen-bond acceptors (Lipinski definition) is 17. The van der Waals surface area contributed by atoms with Crippen LogP contribution in [0.2, 0.25) is 0 Å². The number of ketones is 2. The molecule has 0 aliphatic heterocycles. The minimum absolute atomic E-state index is 0.153. The Kier molecular flexibility index (Phi) is 73.9. The zero-order valence-corrected chi connectivity index (χ0v) is 71.0. The molecule has 108 heavy (non-hydrogen) atoms. The van der Waals surface area contributed by atoms with Gasteiger partial charge >= 0.3 is 33.6 Å². The number of phosphoric acid groups is 2. The molecule has 6 N–H and O–H groups in total. The molecule has 0 radical (unpaired) electrons. The van der Waals surface area contributed by atoms with Crippen molar-refractivity contribution in [1.29, 1.82) is 0 Å². The highest BCUT2D eigenvalue weighted by Crippen LogP contribution is 2.44. The van der Waals surface area contributed by atoms with E-state index in [9.17, 15) is 52.5 Å². The Hall–Kier alpha value is -3.37. The van der Waals surface area contributed by atoms with E-state index < -0.39 is 72.0 Å². The van der Waals surface area contributed by atoms with E-state index in [0.29, 0.717) is 51.4 Å². The van der Waals surface area contributed by atoms with Crippen molar-refractivity contribution in [2.45, 2.75) is 425 Å². The van der Waals surface area contributed by atoms with Gasteiger partial charge in [-0.05, 0) is 51.4 Å². The fraction of sp³-hybridized carbons (Fsp3) is 0.916. The molecule has 0 aromatic rings. The van der Waals surface area contributed by atoms with Gasteiger partial charge in [-0.3, -0.25) is 46.9 Å². The molecule has 0 aliphatic carbocycles. The maximum atomic E-state index is 13.3. The van der Waals surface area contributed by atoms with Crippen molar-refractivity contribution in [3.8, 4) is 0 Å². The third-order valence-electron chi connectivity index (χ3n) is 19.4. The van der Waals surface area contributed by atoms with Crippen LogP contribution in [-0.2, 0) is 74.9 Å². The van der Waals surface area contributed by atoms with E-state index in [-0.39, 0.29) is 101 Å². The number of rotatable bonds is 84. The zero-order chi connectivity index (χ0) is 79.5. The fourth-order valence-electron chi connectivity index (χ4n) is 12.8. The number of carbonyl (C=O) groups excluding carboxylic acids is 7. The molecular weight excluding hydrogens is 1420 g/mol. The number of unbranched alkanes of at least 4 members (excludes halogenated alkanes) is 40. The average Bonchev–Trinajstić information content (AvgIpc) is 0.914. The number of phosphoric ester groups is 2. The maximum absolute atomic E-state index is 13.3. The summed E-state index contributed by atoms with van der Waals surface area (Å²) in [7, 11) is -9.60. The van der Waals surface area contributed by atoms with Gasteiger partial charge in [0.05, 0.1) is 77.8 Å². The van der Waals surface area contributed by atoms with Gasteiger partial charge in [-0.25, -0.2) is 13.9 Å². The topological polar surface area (TPSA) is 316 Å². The van der Waals surface area contributed by atoms with E-state index in [4.69, 9.17) is 37.0 Å². The predicted octanol–water partition coefficient (Wildman–Crippen LogP) is 20.5. The third kappa shape index (κ3) is 72.8. The molecule has 0 rings (SSSR count). The van der Waals surface area contributed by atoms with Crippen LogP contribution in [0.25, 0.3) is 0 Å². The van der Waals surface area contributed by atoms with Crippen LogP contribution in [0.5, 0.6) is 0 Å². The molecule has 636 valence electrons. The molecule has 23 nitrogen and oxygen atoms in total. The Morgan fingerprint density at radius 2 is 0.565 bits per heavy atom. The summed E-state index contributed by atoms with van der Waals surface area (Å²) in [5, 5.41) is 10.3. The lowest BCUT2D eigenvalue weighted by molar-refractivity contribution is -0.151. The summed E-state index contributed by atoms with van der Waals surface area (Å²) in [6.45, 7) is 10.5. The average molecular weight is 1580 g/mol. The van der Waals surface area contributed by atoms with Crippen LogP contribution in [-0.4, -0.2) is 141 Å². The van der Waals surface area contributed by atoms with Gasteiger partial charge in [0.15, 0.2) is 0 Å². The number of Topliss-reactive ketones (excluding diaryl/α,β-unsaturated/α-hetero) is 2. The lowest BCUT2D eigenvalue weighted by atomic mass is 10.0. The van der Waals surface area contributed by atoms with Crippen molar-refractivity contribution in [2.75, 3.05) is 65.9 Å². The van der Waals surface area contributed by atoms with Crippen LogP contribution < -0.4 is 21.3 Å². The van der Waals surface area contributed by atoms with E-state index in [1.807, 2.05) is 0 Å². The maximum Gasteiger partial charge on any atom is 0.472 e. The smallest absolute Gasteiger partial charge is 0.462 e. The molecule has 0 aromatic heterocycles. The summed E-state index contributed by atoms with van der Waals surface area (Å²) in [5.74, 6) is -2.09. The highest BCUT2D eigenvalue weighted by molar-refractivity contribution is 7.47. The highest BCUT2D eigenvalue weighted by Gasteiger charge is 2.28. The Bertz CT molecular complexity index is 2120. The lowest BCUT2D eigenvalue weighted by Crippen LogP contribution is -2.42. The predicted molar refractivity (Wildman–Crippen MR) is 433 cm³/mol. The number of esters is 2. The first-order valence-electron chi connectivity index (χ1n) is 43.7. The first-order valence-corrected chi connectivity index (χ1v) is 46.7. The van der Waals surface area contributed by atoms with Gasteiger partial charge < -0.3 is 50.0 Å². The van der Waals surface area contributed by atoms with Crippen LogP contribution >= 0.6 is 15.6 Å². The second-order valence-corrected chi connectivity index (χ2v) is 32.9. The number of hydrogen-bond donors (Lipinski definition) is 6. The van der Waals surface area contributed by atoms with Crippen LogP contribution in [0.15, 0.2) is 0 Å². The Morgan fingerprint density at radius 1 is 0.306 bits per heavy atom. The van der Waals surface area contributed by atoms with Crippen molar-refractivity contribution in [2.24, 2.45) is 0 Å². The van der Waals surface area contributed by atoms with Crippen LogP contribution in [0.3, 0.4) is 0 Å². The van der Waals surface area contributed by atoms with Crippen molar-refractivity contribution < 1.29 is 89.5 Å². The number of carbonyl (C=O) groups is 7. The molecular formula is C83H160N4O19P2. The lowest BCUT2D eigenvalue weighted by Gasteiger charge is -2.22. The molecule has 0 saturated heterocycles. The fourth-order valence-corrected chi connectivity index (χ4v) is 14.3. The second-order valence-electron chi connectivity index (χ2n) is 30.0. The monoisotopic (exact) mass is 1580 g/mol. The van der Waals surface area contributed by atoms with Gasteiger partial charge in [0.1, 0.15) is 23.8 Å². The van der Waals surface area contributed by atoms with Crippen molar-refractivity contribution >= 4 is 57.0 Å². The summed E-state index contributed by atoms with van der Waals surface area (Å²) >= 11 is 0. The van der Waals surface area contributed by atoms with Gasteiger partial charge in [0.25, 0.3) is 0 Å². The van der Waals surface area contributed by atoms with Gasteiger partial charge in [0, 0.05) is 51.6 Å². The van der Waals surface area contributed by atoms with Crippen LogP contribution in [0.4, 0.5) is 4.79 Å². The molecule has 0 spiro atoms. The molecule has 0 bridgehead atoms. The first-order chi connectivity index (χ1) is 52.3. The molecule has 0 aromatic carbocycles. The minimum atomic E-state index is -4.80. The number of urea groups is 1. The van der Waals surface area contributed by atoms with Gasteiger partial charge in [-0.1, -0.05) is 298 Å². The molecule has 25 heteroatoms. The summed E-state index contributed by atoms with van der Waals surface area (Å²) < 4.78 is 71.2. The Balaban J connectivity index is 5.68. The summed E-state index contributed by atoms with van der Waals surface area (Å²) in [6, 6.07) is -2.73. The largest absolute Gasteiger partial charge is 0.472 e. The van der Waals surface area contributed by atoms with E-state index >= 15 is 0 Å². The quantitative estimate of drug-likeness (QED) is 0.0143. The van der Waals surface area contributed by atoms with E-state index in [1.165, 1.54) is 141 Å². The molecule has 6 atom stereocenters. The molecule has 4 amide bonds. The summed E-state index contributed by atoms with van der Waals surface area (Å²) in [6.07, 6.45) is 52.3. The summed E-state index contributed by atoms with van der Waals surface area (Å²) in [4.78, 5) is 113. The molecule has 0 saturated carbocycles. The number of amides is 4. The summed E-state index contributed by atoms with van der Waals surface area (Å²) in [5.41, 5.74) is 0. The van der Waals surface area contributed by atoms with Crippen LogP contribution in [0, 0.1) is 0 Å². The van der Waals surface area contributed by atoms with Crippen LogP contribution in [0.1, 0.15) is 401 Å². The molecule has 4 unspecified atom stereocenters. The first kappa shape index (κ1) is 105. The molecule has 0 fully saturated rings. The third-order valence-corrected chi connectivity index (χ3v) is 21.3. The number of ether oxygens (including phenoxy) is 4. The van der Waals surface area contributed by atoms with Crippen molar-refractivity contribution in [3.05, 3.63) is 0 Å². The SMILES string of the molecule is CCCCCCCCCCCC(=O)CC(=O)NC(COCC[C@@H](CCCCCCC)OC(=O)CCCCCCCCCCC)COP(=O)(O)OCCNC(=O)NCCOP(=O)(O)OCC(COCC[C@@H](CCCCCCC)OC(=O)CCCCCCCCCCC)NC(=O)CC(=O)CCCCCCCCCCC.